The van der Waals surface area contributed by atoms with Gasteiger partial charge in [-0.25, -0.2) is 23.5 Å². The van der Waals surface area contributed by atoms with Gasteiger partial charge in [-0.1, -0.05) is 0 Å². The van der Waals surface area contributed by atoms with Crippen molar-refractivity contribution in [1.29, 1.82) is 0 Å². The van der Waals surface area contributed by atoms with Crippen LogP contribution in [-0.2, 0) is 11.8 Å². The summed E-state index contributed by atoms with van der Waals surface area (Å²) in [6, 6.07) is 2.70. The summed E-state index contributed by atoms with van der Waals surface area (Å²) in [6.45, 7) is 2.65. The molecule has 4 aromatic heterocycles. The summed E-state index contributed by atoms with van der Waals surface area (Å²) < 4.78 is 38.4. The van der Waals surface area contributed by atoms with E-state index in [0.717, 1.165) is 12.6 Å². The molecule has 0 aliphatic carbocycles. The van der Waals surface area contributed by atoms with Crippen molar-refractivity contribution >= 4 is 50.3 Å². The number of carboxylic acids is 1. The van der Waals surface area contributed by atoms with Gasteiger partial charge in [0.2, 0.25) is 5.43 Å². The molecule has 1 aromatic carbocycles. The number of rotatable bonds is 6. The summed E-state index contributed by atoms with van der Waals surface area (Å²) >= 11 is 0. The first-order valence-corrected chi connectivity index (χ1v) is 14.3. The van der Waals surface area contributed by atoms with Gasteiger partial charge < -0.3 is 34.5 Å². The fourth-order valence-electron chi connectivity index (χ4n) is 6.98. The molecular formula is C31H31F2N7O4. The van der Waals surface area contributed by atoms with Gasteiger partial charge in [0.05, 0.1) is 45.8 Å². The molecule has 0 bridgehead atoms. The normalized spacial score (nSPS) is 20.0. The second kappa shape index (κ2) is 10.2. The molecule has 44 heavy (non-hydrogen) atoms. The van der Waals surface area contributed by atoms with Gasteiger partial charge in [-0.15, -0.1) is 0 Å². The molecule has 0 radical (unpaired) electrons. The molecule has 0 spiro atoms. The van der Waals surface area contributed by atoms with Crippen LogP contribution in [0.15, 0.2) is 35.5 Å². The smallest absolute Gasteiger partial charge is 0.341 e. The molecule has 0 amide bonds. The van der Waals surface area contributed by atoms with Gasteiger partial charge >= 0.3 is 5.97 Å². The Hall–Kier alpha value is -4.62. The van der Waals surface area contributed by atoms with E-state index >= 15 is 4.39 Å². The van der Waals surface area contributed by atoms with E-state index in [0.29, 0.717) is 70.3 Å². The predicted octanol–water partition coefficient (Wildman–Crippen LogP) is 3.66. The number of ether oxygens (including phenoxy) is 1. The lowest BCUT2D eigenvalue weighted by atomic mass is 9.93. The highest BCUT2D eigenvalue weighted by molar-refractivity contribution is 6.18. The number of aromatic nitrogens is 4. The lowest BCUT2D eigenvalue weighted by molar-refractivity contribution is 0.0695. The van der Waals surface area contributed by atoms with E-state index in [-0.39, 0.29) is 28.4 Å². The Kier molecular flexibility index (Phi) is 6.55. The summed E-state index contributed by atoms with van der Waals surface area (Å²) in [5.74, 6) is -2.82. The molecule has 1 unspecified atom stereocenters. The van der Waals surface area contributed by atoms with Crippen molar-refractivity contribution in [2.24, 2.45) is 18.9 Å². The van der Waals surface area contributed by atoms with Gasteiger partial charge in [0.1, 0.15) is 16.9 Å². The number of nitrogens with one attached hydrogen (secondary N) is 2. The summed E-state index contributed by atoms with van der Waals surface area (Å²) in [7, 11) is 7.31. The third kappa shape index (κ3) is 4.21. The van der Waals surface area contributed by atoms with E-state index in [1.165, 1.54) is 10.8 Å². The van der Waals surface area contributed by atoms with E-state index in [9.17, 15) is 19.1 Å². The maximum absolute atomic E-state index is 15.7. The number of aromatic amines is 1. The summed E-state index contributed by atoms with van der Waals surface area (Å²) in [6.07, 6.45) is 4.41. The SMILES string of the molecule is CNc1cc(F)c(F)c2c1[nH]c1ncc(-c3cnc4c(c3)c(=O)c(C(=O)O)cn4C)c(N3C[C@@H]4C(CN(C)C)CO[C@@H]4C3)c12. The molecule has 2 aliphatic heterocycles. The minimum absolute atomic E-state index is 0.0455. The Morgan fingerprint density at radius 1 is 1.20 bits per heavy atom. The van der Waals surface area contributed by atoms with Crippen molar-refractivity contribution in [2.45, 2.75) is 6.10 Å². The molecule has 2 fully saturated rings. The third-order valence-corrected chi connectivity index (χ3v) is 8.94. The Morgan fingerprint density at radius 2 is 2.00 bits per heavy atom. The van der Waals surface area contributed by atoms with Crippen LogP contribution in [0.3, 0.4) is 0 Å². The highest BCUT2D eigenvalue weighted by Crippen LogP contribution is 2.46. The Bertz CT molecular complexity index is 2060. The Morgan fingerprint density at radius 3 is 2.73 bits per heavy atom. The van der Waals surface area contributed by atoms with Crippen LogP contribution in [0.2, 0.25) is 0 Å². The summed E-state index contributed by atoms with van der Waals surface area (Å²) in [5.41, 5.74) is 2.07. The van der Waals surface area contributed by atoms with Crippen molar-refractivity contribution in [3.63, 3.8) is 0 Å². The number of pyridine rings is 3. The predicted molar refractivity (Wildman–Crippen MR) is 163 cm³/mol. The molecule has 0 saturated carbocycles. The van der Waals surface area contributed by atoms with Gasteiger partial charge in [-0.05, 0) is 20.2 Å². The van der Waals surface area contributed by atoms with Crippen LogP contribution >= 0.6 is 0 Å². The number of benzene rings is 1. The molecule has 2 saturated heterocycles. The first-order chi connectivity index (χ1) is 21.1. The zero-order valence-corrected chi connectivity index (χ0v) is 24.6. The van der Waals surface area contributed by atoms with Crippen molar-refractivity contribution in [3.8, 4) is 11.1 Å². The quantitative estimate of drug-likeness (QED) is 0.266. The second-order valence-electron chi connectivity index (χ2n) is 11.9. The van der Waals surface area contributed by atoms with E-state index in [2.05, 4.69) is 30.1 Å². The molecule has 228 valence electrons. The average molecular weight is 604 g/mol. The topological polar surface area (TPSA) is 129 Å². The van der Waals surface area contributed by atoms with E-state index in [1.807, 2.05) is 14.1 Å². The second-order valence-corrected chi connectivity index (χ2v) is 11.9. The van der Waals surface area contributed by atoms with Gasteiger partial charge in [-0.2, -0.15) is 0 Å². The highest BCUT2D eigenvalue weighted by Gasteiger charge is 2.45. The van der Waals surface area contributed by atoms with Crippen LogP contribution in [0.1, 0.15) is 10.4 Å². The average Bonchev–Trinajstić information content (AvgIpc) is 3.69. The van der Waals surface area contributed by atoms with Crippen LogP contribution in [-0.4, -0.2) is 89.0 Å². The molecule has 3 N–H and O–H groups in total. The molecule has 3 atom stereocenters. The fourth-order valence-corrected chi connectivity index (χ4v) is 6.98. The summed E-state index contributed by atoms with van der Waals surface area (Å²) in [5, 5.41) is 13.2. The maximum Gasteiger partial charge on any atom is 0.341 e. The Labute approximate surface area is 250 Å². The lowest BCUT2D eigenvalue weighted by Gasteiger charge is -2.26. The van der Waals surface area contributed by atoms with E-state index < -0.39 is 23.0 Å². The number of aryl methyl sites for hydroxylation is 1. The number of carbonyl (C=O) groups is 1. The molecular weight excluding hydrogens is 572 g/mol. The number of anilines is 2. The molecule has 11 nitrogen and oxygen atoms in total. The largest absolute Gasteiger partial charge is 0.477 e. The van der Waals surface area contributed by atoms with Crippen LogP contribution in [0.5, 0.6) is 0 Å². The first kappa shape index (κ1) is 28.2. The number of hydrogen-bond acceptors (Lipinski definition) is 8. The number of fused-ring (bicyclic) bond motifs is 5. The van der Waals surface area contributed by atoms with Gasteiger partial charge in [0, 0.05) is 81.3 Å². The van der Waals surface area contributed by atoms with Crippen LogP contribution in [0, 0.1) is 23.5 Å². The number of carboxylic acid groups (broad SMARTS) is 1. The van der Waals surface area contributed by atoms with Gasteiger partial charge in [0.25, 0.3) is 0 Å². The zero-order valence-electron chi connectivity index (χ0n) is 24.6. The van der Waals surface area contributed by atoms with E-state index in [1.54, 1.807) is 32.6 Å². The number of H-pyrrole nitrogens is 1. The van der Waals surface area contributed by atoms with Crippen molar-refractivity contribution < 1.29 is 23.4 Å². The monoisotopic (exact) mass is 603 g/mol. The lowest BCUT2D eigenvalue weighted by Crippen LogP contribution is -2.30. The molecule has 5 aromatic rings. The molecule has 13 heteroatoms. The standard InChI is InChI=1S/C31H31F2N7O4/c1-34-21-6-20(32)25(33)23-24-27(40-11-18-15(9-38(2)3)13-44-22(18)12-40)17(8-35-29(24)37-26(21)23)14-5-16-28(41)19(31(42)43)10-39(4)30(16)36-7-14/h5-8,10,15,18,22,34H,9,11-13H2,1-4H3,(H,35,37)(H,42,43)/t15?,18-,22-/m1/s1. The zero-order chi connectivity index (χ0) is 31.0. The van der Waals surface area contributed by atoms with Gasteiger partial charge in [0.15, 0.2) is 11.6 Å². The van der Waals surface area contributed by atoms with Crippen LogP contribution in [0.4, 0.5) is 20.2 Å². The minimum atomic E-state index is -1.34. The maximum atomic E-state index is 15.7. The van der Waals surface area contributed by atoms with Crippen molar-refractivity contribution in [2.75, 3.05) is 57.6 Å². The molecule has 2 aliphatic rings. The number of hydrogen-bond donors (Lipinski definition) is 3. The van der Waals surface area contributed by atoms with Crippen LogP contribution in [0.25, 0.3) is 44.1 Å². The number of aromatic carboxylic acids is 1. The minimum Gasteiger partial charge on any atom is -0.477 e. The summed E-state index contributed by atoms with van der Waals surface area (Å²) in [4.78, 5) is 41.6. The van der Waals surface area contributed by atoms with Crippen molar-refractivity contribution in [3.05, 3.63) is 58.1 Å². The van der Waals surface area contributed by atoms with Crippen LogP contribution < -0.4 is 15.6 Å². The molecule has 7 rings (SSSR count). The van der Waals surface area contributed by atoms with E-state index in [4.69, 9.17) is 4.74 Å². The first-order valence-electron chi connectivity index (χ1n) is 14.3. The number of halogens is 2. The number of nitrogens with zero attached hydrogens (tertiary/aromatic N) is 5. The fraction of sp³-hybridized carbons (Fsp3) is 0.355. The molecule has 6 heterocycles. The Balaban J connectivity index is 1.50. The third-order valence-electron chi connectivity index (χ3n) is 8.94. The van der Waals surface area contributed by atoms with Gasteiger partial charge in [-0.3, -0.25) is 4.79 Å². The van der Waals surface area contributed by atoms with Crippen molar-refractivity contribution in [1.82, 2.24) is 24.4 Å². The highest BCUT2D eigenvalue weighted by atomic mass is 19.2.